The molecule has 0 radical (unpaired) electrons. The van der Waals surface area contributed by atoms with Gasteiger partial charge in [-0.05, 0) is 17.7 Å². The van der Waals surface area contributed by atoms with Crippen LogP contribution in [0.2, 0.25) is 0 Å². The summed E-state index contributed by atoms with van der Waals surface area (Å²) in [5.41, 5.74) is 4.43. The first kappa shape index (κ1) is 11.6. The van der Waals surface area contributed by atoms with E-state index in [4.69, 9.17) is 15.0 Å². The lowest BCUT2D eigenvalue weighted by atomic mass is 10.2. The zero-order valence-electron chi connectivity index (χ0n) is 9.40. The molecule has 0 unspecified atom stereocenters. The van der Waals surface area contributed by atoms with Crippen LogP contribution in [0.5, 0.6) is 0 Å². The van der Waals surface area contributed by atoms with Crippen LogP contribution in [-0.2, 0) is 16.1 Å². The van der Waals surface area contributed by atoms with Gasteiger partial charge in [0.2, 0.25) is 0 Å². The minimum absolute atomic E-state index is 0.0655. The van der Waals surface area contributed by atoms with E-state index in [-0.39, 0.29) is 12.5 Å². The van der Waals surface area contributed by atoms with Crippen LogP contribution in [0.3, 0.4) is 0 Å². The van der Waals surface area contributed by atoms with Crippen molar-refractivity contribution in [3.63, 3.8) is 0 Å². The van der Waals surface area contributed by atoms with Crippen LogP contribution in [0.1, 0.15) is 11.5 Å². The van der Waals surface area contributed by atoms with Gasteiger partial charge in [-0.3, -0.25) is 10.2 Å². The molecule has 0 spiro atoms. The monoisotopic (exact) mass is 235 g/mol. The van der Waals surface area contributed by atoms with E-state index in [0.717, 1.165) is 11.1 Å². The fourth-order valence-corrected chi connectivity index (χ4v) is 1.48. The standard InChI is InChI=1S/C11H13N3O3/c1-7-13-9-3-2-8(4-10(9)17-7)5-16-6-11(15)14-12/h2-4H,5-6,12H2,1H3,(H,14,15). The van der Waals surface area contributed by atoms with Gasteiger partial charge in [-0.15, -0.1) is 0 Å². The van der Waals surface area contributed by atoms with Crippen LogP contribution >= 0.6 is 0 Å². The number of nitrogens with zero attached hydrogens (tertiary/aromatic N) is 1. The number of ether oxygens (including phenoxy) is 1. The van der Waals surface area contributed by atoms with Crippen LogP contribution < -0.4 is 11.3 Å². The first-order chi connectivity index (χ1) is 8.19. The van der Waals surface area contributed by atoms with Crippen LogP contribution in [0.4, 0.5) is 0 Å². The number of benzene rings is 1. The molecular formula is C11H13N3O3. The Morgan fingerprint density at radius 3 is 3.18 bits per heavy atom. The van der Waals surface area contributed by atoms with Crippen LogP contribution in [0, 0.1) is 6.92 Å². The van der Waals surface area contributed by atoms with Gasteiger partial charge in [-0.1, -0.05) is 6.07 Å². The molecule has 1 aromatic carbocycles. The smallest absolute Gasteiger partial charge is 0.259 e. The molecule has 1 amide bonds. The first-order valence-electron chi connectivity index (χ1n) is 5.12. The Bertz CT molecular complexity index is 536. The van der Waals surface area contributed by atoms with Gasteiger partial charge in [0.25, 0.3) is 5.91 Å². The number of oxazole rings is 1. The molecular weight excluding hydrogens is 222 g/mol. The largest absolute Gasteiger partial charge is 0.441 e. The highest BCUT2D eigenvalue weighted by Crippen LogP contribution is 2.17. The highest BCUT2D eigenvalue weighted by Gasteiger charge is 2.04. The summed E-state index contributed by atoms with van der Waals surface area (Å²) in [6, 6.07) is 5.58. The molecule has 0 aliphatic carbocycles. The summed E-state index contributed by atoms with van der Waals surface area (Å²) >= 11 is 0. The lowest BCUT2D eigenvalue weighted by molar-refractivity contribution is -0.126. The topological polar surface area (TPSA) is 90.4 Å². The van der Waals surface area contributed by atoms with E-state index >= 15 is 0 Å². The summed E-state index contributed by atoms with van der Waals surface area (Å²) in [5.74, 6) is 5.19. The molecule has 0 aliphatic rings. The number of nitrogens with two attached hydrogens (primary N) is 1. The summed E-state index contributed by atoms with van der Waals surface area (Å²) in [6.45, 7) is 2.05. The average Bonchev–Trinajstić information content (AvgIpc) is 2.68. The SMILES string of the molecule is Cc1nc2ccc(COCC(=O)NN)cc2o1. The maximum Gasteiger partial charge on any atom is 0.259 e. The highest BCUT2D eigenvalue weighted by molar-refractivity contribution is 5.76. The van der Waals surface area contributed by atoms with E-state index in [1.165, 1.54) is 0 Å². The zero-order chi connectivity index (χ0) is 12.3. The number of hydrogen-bond acceptors (Lipinski definition) is 5. The van der Waals surface area contributed by atoms with Gasteiger partial charge >= 0.3 is 0 Å². The first-order valence-corrected chi connectivity index (χ1v) is 5.12. The Balaban J connectivity index is 2.01. The van der Waals surface area contributed by atoms with Gasteiger partial charge in [0.15, 0.2) is 11.5 Å². The molecule has 90 valence electrons. The van der Waals surface area contributed by atoms with Crippen LogP contribution in [0.25, 0.3) is 11.1 Å². The minimum atomic E-state index is -0.360. The van der Waals surface area contributed by atoms with Crippen molar-refractivity contribution in [2.75, 3.05) is 6.61 Å². The maximum absolute atomic E-state index is 10.8. The molecule has 2 aromatic rings. The molecule has 0 saturated heterocycles. The van der Waals surface area contributed by atoms with Gasteiger partial charge in [0.1, 0.15) is 12.1 Å². The fraction of sp³-hybridized carbons (Fsp3) is 0.273. The van der Waals surface area contributed by atoms with Crippen molar-refractivity contribution >= 4 is 17.0 Å². The normalized spacial score (nSPS) is 10.7. The van der Waals surface area contributed by atoms with E-state index in [0.29, 0.717) is 18.1 Å². The highest BCUT2D eigenvalue weighted by atomic mass is 16.5. The van der Waals surface area contributed by atoms with Gasteiger partial charge in [0.05, 0.1) is 6.61 Å². The molecule has 6 nitrogen and oxygen atoms in total. The quantitative estimate of drug-likeness (QED) is 0.461. The number of hydrogen-bond donors (Lipinski definition) is 2. The number of amides is 1. The predicted octanol–water partition coefficient (Wildman–Crippen LogP) is 0.643. The summed E-state index contributed by atoms with van der Waals surface area (Å²) in [5, 5.41) is 0. The van der Waals surface area contributed by atoms with Crippen molar-refractivity contribution in [1.29, 1.82) is 0 Å². The Hall–Kier alpha value is -1.92. The van der Waals surface area contributed by atoms with Crippen molar-refractivity contribution in [2.45, 2.75) is 13.5 Å². The molecule has 3 N–H and O–H groups in total. The average molecular weight is 235 g/mol. The molecule has 0 bridgehead atoms. The number of aromatic nitrogens is 1. The number of nitrogens with one attached hydrogen (secondary N) is 1. The molecule has 2 rings (SSSR count). The van der Waals surface area contributed by atoms with Crippen molar-refractivity contribution in [3.05, 3.63) is 29.7 Å². The van der Waals surface area contributed by atoms with Crippen molar-refractivity contribution in [2.24, 2.45) is 5.84 Å². The second-order valence-corrected chi connectivity index (χ2v) is 3.60. The molecule has 6 heteroatoms. The van der Waals surface area contributed by atoms with Crippen molar-refractivity contribution < 1.29 is 13.9 Å². The molecule has 0 saturated carbocycles. The van der Waals surface area contributed by atoms with Gasteiger partial charge in [-0.2, -0.15) is 0 Å². The molecule has 1 heterocycles. The number of rotatable bonds is 4. The predicted molar refractivity (Wildman–Crippen MR) is 60.7 cm³/mol. The van der Waals surface area contributed by atoms with Gasteiger partial charge in [0, 0.05) is 6.92 Å². The van der Waals surface area contributed by atoms with E-state index in [2.05, 4.69) is 4.98 Å². The van der Waals surface area contributed by atoms with E-state index < -0.39 is 0 Å². The third-order valence-corrected chi connectivity index (χ3v) is 2.22. The summed E-state index contributed by atoms with van der Waals surface area (Å²) in [6.07, 6.45) is 0. The molecule has 1 aromatic heterocycles. The van der Waals surface area contributed by atoms with E-state index in [9.17, 15) is 4.79 Å². The summed E-state index contributed by atoms with van der Waals surface area (Å²) in [7, 11) is 0. The Labute approximate surface area is 97.7 Å². The summed E-state index contributed by atoms with van der Waals surface area (Å²) in [4.78, 5) is 15.0. The minimum Gasteiger partial charge on any atom is -0.441 e. The second-order valence-electron chi connectivity index (χ2n) is 3.60. The number of aryl methyl sites for hydroxylation is 1. The number of hydrazine groups is 1. The molecule has 0 aliphatic heterocycles. The van der Waals surface area contributed by atoms with Crippen LogP contribution in [0.15, 0.2) is 22.6 Å². The number of fused-ring (bicyclic) bond motifs is 1. The van der Waals surface area contributed by atoms with Crippen molar-refractivity contribution in [1.82, 2.24) is 10.4 Å². The molecule has 0 fully saturated rings. The maximum atomic E-state index is 10.8. The Morgan fingerprint density at radius 2 is 2.41 bits per heavy atom. The number of carbonyl (C=O) groups excluding carboxylic acids is 1. The van der Waals surface area contributed by atoms with Crippen molar-refractivity contribution in [3.8, 4) is 0 Å². The Kier molecular flexibility index (Phi) is 3.36. The molecule has 0 atom stereocenters. The molecule has 17 heavy (non-hydrogen) atoms. The van der Waals surface area contributed by atoms with Crippen LogP contribution in [-0.4, -0.2) is 17.5 Å². The lowest BCUT2D eigenvalue weighted by Gasteiger charge is -2.02. The Morgan fingerprint density at radius 1 is 1.59 bits per heavy atom. The third kappa shape index (κ3) is 2.80. The zero-order valence-corrected chi connectivity index (χ0v) is 9.40. The van der Waals surface area contributed by atoms with Gasteiger partial charge in [-0.25, -0.2) is 10.8 Å². The van der Waals surface area contributed by atoms with E-state index in [1.54, 1.807) is 6.92 Å². The van der Waals surface area contributed by atoms with Gasteiger partial charge < -0.3 is 9.15 Å². The summed E-state index contributed by atoms with van der Waals surface area (Å²) < 4.78 is 10.6. The number of carbonyl (C=O) groups is 1. The van der Waals surface area contributed by atoms with E-state index in [1.807, 2.05) is 23.6 Å². The third-order valence-electron chi connectivity index (χ3n) is 2.22. The fourth-order valence-electron chi connectivity index (χ4n) is 1.48. The lowest BCUT2D eigenvalue weighted by Crippen LogP contribution is -2.33. The second kappa shape index (κ2) is 4.94.